The van der Waals surface area contributed by atoms with E-state index in [1.165, 1.54) is 4.68 Å². The van der Waals surface area contributed by atoms with Gasteiger partial charge in [-0.1, -0.05) is 6.92 Å². The molecule has 0 unspecified atom stereocenters. The Kier molecular flexibility index (Phi) is 4.41. The minimum atomic E-state index is -4.52. The van der Waals surface area contributed by atoms with Crippen LogP contribution in [-0.2, 0) is 17.5 Å². The molecule has 0 atom stereocenters. The monoisotopic (exact) mass is 353 g/mol. The fraction of sp³-hybridized carbons (Fsp3) is 0.667. The maximum absolute atomic E-state index is 12.9. The average molecular weight is 354 g/mol. The number of carbonyl (C=O) groups excluding carboxylic acids is 1. The summed E-state index contributed by atoms with van der Waals surface area (Å²) in [5.74, 6) is -0.260. The summed E-state index contributed by atoms with van der Waals surface area (Å²) in [5, 5.41) is 6.21. The van der Waals surface area contributed by atoms with Crippen molar-refractivity contribution in [1.29, 1.82) is 0 Å². The van der Waals surface area contributed by atoms with E-state index in [2.05, 4.69) is 26.3 Å². The molecule has 1 heterocycles. The lowest BCUT2D eigenvalue weighted by Gasteiger charge is -2.07. The number of amides is 1. The Balaban J connectivity index is 2.25. The Bertz CT molecular complexity index is 509. The summed E-state index contributed by atoms with van der Waals surface area (Å²) in [4.78, 5) is 11.7. The van der Waals surface area contributed by atoms with Crippen LogP contribution in [0.3, 0.4) is 0 Å². The molecule has 112 valence electrons. The smallest absolute Gasteiger partial charge is 0.355 e. The molecule has 1 N–H and O–H groups in total. The zero-order valence-corrected chi connectivity index (χ0v) is 12.5. The van der Waals surface area contributed by atoms with Gasteiger partial charge in [-0.15, -0.1) is 0 Å². The van der Waals surface area contributed by atoms with Crippen LogP contribution in [0.25, 0.3) is 0 Å². The lowest BCUT2D eigenvalue weighted by Crippen LogP contribution is -2.29. The van der Waals surface area contributed by atoms with Crippen LogP contribution >= 0.6 is 15.9 Å². The van der Waals surface area contributed by atoms with Gasteiger partial charge in [-0.25, -0.2) is 0 Å². The molecule has 1 saturated carbocycles. The lowest BCUT2D eigenvalue weighted by atomic mass is 10.2. The first-order valence-corrected chi connectivity index (χ1v) is 7.24. The summed E-state index contributed by atoms with van der Waals surface area (Å²) in [5.41, 5.74) is -0.480. The molecular weight excluding hydrogens is 339 g/mol. The molecule has 1 amide bonds. The van der Waals surface area contributed by atoms with Crippen molar-refractivity contribution in [2.75, 3.05) is 6.54 Å². The van der Waals surface area contributed by atoms with Crippen molar-refractivity contribution in [2.24, 2.45) is 0 Å². The van der Waals surface area contributed by atoms with E-state index < -0.39 is 11.9 Å². The zero-order chi connectivity index (χ0) is 14.9. The van der Waals surface area contributed by atoms with Gasteiger partial charge in [0, 0.05) is 12.5 Å². The van der Waals surface area contributed by atoms with Gasteiger partial charge >= 0.3 is 6.18 Å². The summed E-state index contributed by atoms with van der Waals surface area (Å²) in [6.45, 7) is 2.23. The summed E-state index contributed by atoms with van der Waals surface area (Å²) < 4.78 is 39.7. The van der Waals surface area contributed by atoms with Gasteiger partial charge in [0.15, 0.2) is 5.69 Å². The van der Waals surface area contributed by atoms with Gasteiger partial charge in [0.25, 0.3) is 0 Å². The van der Waals surface area contributed by atoms with Gasteiger partial charge in [-0.2, -0.15) is 18.3 Å². The van der Waals surface area contributed by atoms with Gasteiger partial charge in [0.2, 0.25) is 5.91 Å². The van der Waals surface area contributed by atoms with Crippen LogP contribution in [0.15, 0.2) is 4.47 Å². The molecule has 4 nitrogen and oxygen atoms in total. The zero-order valence-electron chi connectivity index (χ0n) is 10.9. The van der Waals surface area contributed by atoms with Crippen molar-refractivity contribution < 1.29 is 18.0 Å². The van der Waals surface area contributed by atoms with Crippen LogP contribution in [0.2, 0.25) is 0 Å². The fourth-order valence-corrected chi connectivity index (χ4v) is 2.79. The van der Waals surface area contributed by atoms with Crippen molar-refractivity contribution in [3.05, 3.63) is 15.9 Å². The first-order chi connectivity index (χ1) is 9.34. The summed E-state index contributed by atoms with van der Waals surface area (Å²) >= 11 is 2.99. The van der Waals surface area contributed by atoms with Gasteiger partial charge in [0.05, 0.1) is 10.2 Å². The summed E-state index contributed by atoms with van der Waals surface area (Å²) in [7, 11) is 0. The number of halogens is 4. The highest BCUT2D eigenvalue weighted by Crippen LogP contribution is 2.46. The molecule has 0 bridgehead atoms. The number of carbonyl (C=O) groups is 1. The van der Waals surface area contributed by atoms with Crippen LogP contribution < -0.4 is 5.32 Å². The van der Waals surface area contributed by atoms with Gasteiger partial charge in [-0.05, 0) is 35.2 Å². The van der Waals surface area contributed by atoms with E-state index >= 15 is 0 Å². The lowest BCUT2D eigenvalue weighted by molar-refractivity contribution is -0.142. The van der Waals surface area contributed by atoms with Crippen molar-refractivity contribution in [3.8, 4) is 0 Å². The van der Waals surface area contributed by atoms with Gasteiger partial charge < -0.3 is 5.32 Å². The number of aromatic nitrogens is 2. The van der Waals surface area contributed by atoms with E-state index in [1.807, 2.05) is 6.92 Å². The topological polar surface area (TPSA) is 46.9 Å². The summed E-state index contributed by atoms with van der Waals surface area (Å²) in [6, 6.07) is 0. The Hall–Kier alpha value is -1.05. The molecule has 2 rings (SSSR count). The molecule has 1 fully saturated rings. The van der Waals surface area contributed by atoms with E-state index in [4.69, 9.17) is 0 Å². The van der Waals surface area contributed by atoms with Gasteiger partial charge in [0.1, 0.15) is 6.54 Å². The number of nitrogens with zero attached hydrogens (tertiary/aromatic N) is 2. The molecule has 0 radical (unpaired) electrons. The molecule has 1 aromatic rings. The van der Waals surface area contributed by atoms with E-state index in [0.717, 1.165) is 19.3 Å². The van der Waals surface area contributed by atoms with E-state index in [0.29, 0.717) is 12.2 Å². The Morgan fingerprint density at radius 2 is 2.15 bits per heavy atom. The van der Waals surface area contributed by atoms with Gasteiger partial charge in [-0.3, -0.25) is 9.48 Å². The molecule has 8 heteroatoms. The molecule has 20 heavy (non-hydrogen) atoms. The van der Waals surface area contributed by atoms with Crippen molar-refractivity contribution in [3.63, 3.8) is 0 Å². The molecule has 1 aliphatic carbocycles. The minimum absolute atomic E-state index is 0.0317. The van der Waals surface area contributed by atoms with Crippen molar-refractivity contribution >= 4 is 21.8 Å². The third-order valence-electron chi connectivity index (χ3n) is 3.03. The van der Waals surface area contributed by atoms with Crippen LogP contribution in [0, 0.1) is 0 Å². The quantitative estimate of drug-likeness (QED) is 0.884. The van der Waals surface area contributed by atoms with E-state index in [9.17, 15) is 18.0 Å². The molecule has 1 aliphatic rings. The maximum atomic E-state index is 12.9. The van der Waals surface area contributed by atoms with E-state index in [1.54, 1.807) is 0 Å². The highest BCUT2D eigenvalue weighted by molar-refractivity contribution is 9.10. The maximum Gasteiger partial charge on any atom is 0.436 e. The Morgan fingerprint density at radius 1 is 1.50 bits per heavy atom. The first-order valence-electron chi connectivity index (χ1n) is 6.44. The molecule has 0 aliphatic heterocycles. The standard InChI is InChI=1S/C12H15BrF3N3O/c1-2-5-17-8(20)6-19-10(7-3-4-7)9(13)11(18-19)12(14,15)16/h7H,2-6H2,1H3,(H,17,20). The van der Waals surface area contributed by atoms with E-state index in [-0.39, 0.29) is 22.8 Å². The number of rotatable bonds is 5. The third-order valence-corrected chi connectivity index (χ3v) is 3.81. The predicted molar refractivity (Wildman–Crippen MR) is 70.2 cm³/mol. The van der Waals surface area contributed by atoms with Crippen LogP contribution in [0.1, 0.15) is 43.5 Å². The summed E-state index contributed by atoms with van der Waals surface area (Å²) in [6.07, 6.45) is -2.08. The Morgan fingerprint density at radius 3 is 2.65 bits per heavy atom. The second-order valence-electron chi connectivity index (χ2n) is 4.83. The van der Waals surface area contributed by atoms with Crippen molar-refractivity contribution in [2.45, 2.75) is 44.8 Å². The highest BCUT2D eigenvalue weighted by atomic mass is 79.9. The number of nitrogens with one attached hydrogen (secondary N) is 1. The largest absolute Gasteiger partial charge is 0.436 e. The second kappa shape index (κ2) is 5.75. The van der Waals surface area contributed by atoms with Crippen LogP contribution in [-0.4, -0.2) is 22.2 Å². The second-order valence-corrected chi connectivity index (χ2v) is 5.62. The highest BCUT2D eigenvalue weighted by Gasteiger charge is 2.41. The number of hydrogen-bond donors (Lipinski definition) is 1. The molecule has 0 spiro atoms. The number of alkyl halides is 3. The minimum Gasteiger partial charge on any atom is -0.355 e. The fourth-order valence-electron chi connectivity index (χ4n) is 1.96. The molecular formula is C12H15BrF3N3O. The number of hydrogen-bond acceptors (Lipinski definition) is 2. The predicted octanol–water partition coefficient (Wildman–Crippen LogP) is 3.07. The normalized spacial score (nSPS) is 15.4. The van der Waals surface area contributed by atoms with Crippen LogP contribution in [0.4, 0.5) is 13.2 Å². The van der Waals surface area contributed by atoms with Crippen LogP contribution in [0.5, 0.6) is 0 Å². The molecule has 0 saturated heterocycles. The van der Waals surface area contributed by atoms with Crippen molar-refractivity contribution in [1.82, 2.24) is 15.1 Å². The molecule has 0 aromatic carbocycles. The average Bonchev–Trinajstić information content (AvgIpc) is 3.11. The third kappa shape index (κ3) is 3.34. The first kappa shape index (κ1) is 15.3. The molecule has 1 aromatic heterocycles. The Labute approximate surface area is 122 Å². The SMILES string of the molecule is CCCNC(=O)Cn1nc(C(F)(F)F)c(Br)c1C1CC1.